The molecule has 0 aliphatic carbocycles. The van der Waals surface area contributed by atoms with Crippen molar-refractivity contribution in [1.82, 2.24) is 0 Å². The van der Waals surface area contributed by atoms with Crippen LogP contribution in [0.5, 0.6) is 11.5 Å². The van der Waals surface area contributed by atoms with Gasteiger partial charge in [-0.3, -0.25) is 4.31 Å². The van der Waals surface area contributed by atoms with Crippen LogP contribution in [0.1, 0.15) is 18.5 Å². The van der Waals surface area contributed by atoms with E-state index in [0.717, 1.165) is 5.56 Å². The number of rotatable bonds is 7. The van der Waals surface area contributed by atoms with Crippen molar-refractivity contribution in [2.45, 2.75) is 17.9 Å². The van der Waals surface area contributed by atoms with Crippen molar-refractivity contribution in [2.24, 2.45) is 0 Å². The van der Waals surface area contributed by atoms with Crippen LogP contribution in [0.15, 0.2) is 71.6 Å². The van der Waals surface area contributed by atoms with Gasteiger partial charge in [-0.2, -0.15) is 0 Å². The first-order valence-corrected chi connectivity index (χ1v) is 11.2. The molecule has 30 heavy (non-hydrogen) atoms. The number of methoxy groups -OCH3 is 2. The summed E-state index contributed by atoms with van der Waals surface area (Å²) in [5.41, 5.74) is 1.22. The van der Waals surface area contributed by atoms with Gasteiger partial charge in [0, 0.05) is 16.1 Å². The molecule has 8 heteroatoms. The molecule has 0 aliphatic rings. The molecule has 0 fully saturated rings. The quantitative estimate of drug-likeness (QED) is 0.431. The molecule has 0 heterocycles. The van der Waals surface area contributed by atoms with E-state index < -0.39 is 16.1 Å². The number of benzene rings is 3. The molecule has 5 nitrogen and oxygen atoms in total. The molecule has 0 saturated heterocycles. The molecule has 0 aromatic heterocycles. The standard InChI is InChI=1S/C22H21Cl2NO4S/c1-15(16-4-6-17(23)7-5-16)25(19-10-13-21(28-2)22(14-19)29-3)30(26,27)20-11-8-18(24)9-12-20/h4-15H,1-3H3/t15-/m0/s1. The Kier molecular flexibility index (Phi) is 6.81. The van der Waals surface area contributed by atoms with Gasteiger partial charge in [-0.05, 0) is 61.0 Å². The number of ether oxygens (including phenoxy) is 2. The summed E-state index contributed by atoms with van der Waals surface area (Å²) < 4.78 is 39.3. The highest BCUT2D eigenvalue weighted by molar-refractivity contribution is 7.92. The summed E-state index contributed by atoms with van der Waals surface area (Å²) >= 11 is 12.0. The van der Waals surface area contributed by atoms with E-state index in [0.29, 0.717) is 27.2 Å². The SMILES string of the molecule is COc1ccc(N([C@@H](C)c2ccc(Cl)cc2)S(=O)(=O)c2ccc(Cl)cc2)cc1OC. The van der Waals surface area contributed by atoms with E-state index in [9.17, 15) is 8.42 Å². The molecule has 0 unspecified atom stereocenters. The molecule has 0 saturated carbocycles. The first kappa shape index (κ1) is 22.3. The monoisotopic (exact) mass is 465 g/mol. The van der Waals surface area contributed by atoms with E-state index in [1.54, 1.807) is 54.6 Å². The third-order valence-corrected chi connectivity index (χ3v) is 7.11. The largest absolute Gasteiger partial charge is 0.493 e. The molecule has 0 spiro atoms. The van der Waals surface area contributed by atoms with Crippen molar-refractivity contribution in [3.63, 3.8) is 0 Å². The minimum Gasteiger partial charge on any atom is -0.493 e. The van der Waals surface area contributed by atoms with Gasteiger partial charge < -0.3 is 9.47 Å². The number of hydrogen-bond donors (Lipinski definition) is 0. The predicted molar refractivity (Wildman–Crippen MR) is 121 cm³/mol. The minimum atomic E-state index is -3.93. The van der Waals surface area contributed by atoms with Crippen LogP contribution < -0.4 is 13.8 Å². The molecular formula is C22H21Cl2NO4S. The zero-order valence-electron chi connectivity index (χ0n) is 16.7. The fraction of sp³-hybridized carbons (Fsp3) is 0.182. The van der Waals surface area contributed by atoms with Gasteiger partial charge >= 0.3 is 0 Å². The van der Waals surface area contributed by atoms with Gasteiger partial charge in [0.1, 0.15) is 0 Å². The van der Waals surface area contributed by atoms with Crippen LogP contribution in [0.3, 0.4) is 0 Å². The fourth-order valence-corrected chi connectivity index (χ4v) is 5.02. The average molecular weight is 466 g/mol. The van der Waals surface area contributed by atoms with Crippen LogP contribution in [-0.2, 0) is 10.0 Å². The van der Waals surface area contributed by atoms with E-state index in [1.807, 2.05) is 6.92 Å². The van der Waals surface area contributed by atoms with Crippen molar-refractivity contribution >= 4 is 38.9 Å². The van der Waals surface area contributed by atoms with E-state index in [-0.39, 0.29) is 4.90 Å². The maximum absolute atomic E-state index is 13.7. The lowest BCUT2D eigenvalue weighted by molar-refractivity contribution is 0.355. The van der Waals surface area contributed by atoms with Crippen molar-refractivity contribution in [3.8, 4) is 11.5 Å². The topological polar surface area (TPSA) is 55.8 Å². The second-order valence-corrected chi connectivity index (χ2v) is 9.21. The Labute approximate surface area is 186 Å². The van der Waals surface area contributed by atoms with Crippen molar-refractivity contribution in [1.29, 1.82) is 0 Å². The Hall–Kier alpha value is -2.41. The van der Waals surface area contributed by atoms with Gasteiger partial charge in [-0.15, -0.1) is 0 Å². The number of anilines is 1. The predicted octanol–water partition coefficient (Wildman–Crippen LogP) is 5.97. The number of nitrogens with zero attached hydrogens (tertiary/aromatic N) is 1. The van der Waals surface area contributed by atoms with Gasteiger partial charge in [-0.1, -0.05) is 35.3 Å². The Morgan fingerprint density at radius 2 is 1.33 bits per heavy atom. The van der Waals surface area contributed by atoms with Crippen LogP contribution in [-0.4, -0.2) is 22.6 Å². The zero-order chi connectivity index (χ0) is 21.9. The maximum Gasteiger partial charge on any atom is 0.264 e. The van der Waals surface area contributed by atoms with Gasteiger partial charge in [0.2, 0.25) is 0 Å². The summed E-state index contributed by atoms with van der Waals surface area (Å²) in [6.07, 6.45) is 0. The van der Waals surface area contributed by atoms with Crippen LogP contribution in [0.2, 0.25) is 10.0 Å². The first-order valence-electron chi connectivity index (χ1n) is 9.05. The summed E-state index contributed by atoms with van der Waals surface area (Å²) in [6.45, 7) is 1.81. The summed E-state index contributed by atoms with van der Waals surface area (Å²) in [5, 5.41) is 1.03. The molecule has 3 rings (SSSR count). The van der Waals surface area contributed by atoms with Crippen LogP contribution in [0.4, 0.5) is 5.69 Å². The second-order valence-electron chi connectivity index (χ2n) is 6.52. The smallest absolute Gasteiger partial charge is 0.264 e. The first-order chi connectivity index (χ1) is 14.3. The van der Waals surface area contributed by atoms with Gasteiger partial charge in [-0.25, -0.2) is 8.42 Å². The van der Waals surface area contributed by atoms with Gasteiger partial charge in [0.25, 0.3) is 10.0 Å². The molecule has 3 aromatic carbocycles. The summed E-state index contributed by atoms with van der Waals surface area (Å²) in [7, 11) is -0.901. The van der Waals surface area contributed by atoms with E-state index >= 15 is 0 Å². The van der Waals surface area contributed by atoms with E-state index in [2.05, 4.69) is 0 Å². The molecule has 0 bridgehead atoms. The van der Waals surface area contributed by atoms with E-state index in [4.69, 9.17) is 32.7 Å². The summed E-state index contributed by atoms with van der Waals surface area (Å²) in [5.74, 6) is 0.929. The third kappa shape index (κ3) is 4.51. The highest BCUT2D eigenvalue weighted by atomic mass is 35.5. The lowest BCUT2D eigenvalue weighted by Gasteiger charge is -2.31. The maximum atomic E-state index is 13.7. The van der Waals surface area contributed by atoms with Crippen molar-refractivity contribution in [2.75, 3.05) is 18.5 Å². The highest BCUT2D eigenvalue weighted by Gasteiger charge is 2.31. The normalized spacial score (nSPS) is 12.3. The minimum absolute atomic E-state index is 0.127. The summed E-state index contributed by atoms with van der Waals surface area (Å²) in [6, 6.07) is 17.6. The fourth-order valence-electron chi connectivity index (χ4n) is 3.13. The molecule has 1 atom stereocenters. The highest BCUT2D eigenvalue weighted by Crippen LogP contribution is 2.38. The molecular weight excluding hydrogens is 445 g/mol. The van der Waals surface area contributed by atoms with Gasteiger partial charge in [0.05, 0.1) is 30.8 Å². The zero-order valence-corrected chi connectivity index (χ0v) is 19.0. The molecule has 0 radical (unpaired) electrons. The molecule has 0 N–H and O–H groups in total. The number of halogens is 2. The third-order valence-electron chi connectivity index (χ3n) is 4.70. The number of sulfonamides is 1. The number of hydrogen-bond acceptors (Lipinski definition) is 4. The second kappa shape index (κ2) is 9.16. The van der Waals surface area contributed by atoms with Crippen LogP contribution in [0, 0.1) is 0 Å². The molecule has 3 aromatic rings. The van der Waals surface area contributed by atoms with E-state index in [1.165, 1.54) is 30.7 Å². The Bertz CT molecular complexity index is 1120. The average Bonchev–Trinajstić information content (AvgIpc) is 2.74. The van der Waals surface area contributed by atoms with Crippen LogP contribution >= 0.6 is 23.2 Å². The van der Waals surface area contributed by atoms with Gasteiger partial charge in [0.15, 0.2) is 11.5 Å². The molecule has 0 amide bonds. The molecule has 0 aliphatic heterocycles. The Balaban J connectivity index is 2.18. The molecule has 158 valence electrons. The lowest BCUT2D eigenvalue weighted by Crippen LogP contribution is -2.33. The van der Waals surface area contributed by atoms with Crippen LogP contribution in [0.25, 0.3) is 0 Å². The van der Waals surface area contributed by atoms with Crippen molar-refractivity contribution < 1.29 is 17.9 Å². The van der Waals surface area contributed by atoms with Crippen molar-refractivity contribution in [3.05, 3.63) is 82.3 Å². The lowest BCUT2D eigenvalue weighted by atomic mass is 10.1. The summed E-state index contributed by atoms with van der Waals surface area (Å²) in [4.78, 5) is 0.127. The Morgan fingerprint density at radius 3 is 1.87 bits per heavy atom. The Morgan fingerprint density at radius 1 is 0.800 bits per heavy atom.